The summed E-state index contributed by atoms with van der Waals surface area (Å²) in [5.41, 5.74) is 2.13. The highest BCUT2D eigenvalue weighted by atomic mass is 35.5. The average Bonchev–Trinajstić information content (AvgIpc) is 3.36. The lowest BCUT2D eigenvalue weighted by molar-refractivity contribution is 0.0341. The topological polar surface area (TPSA) is 78.3 Å². The van der Waals surface area contributed by atoms with Gasteiger partial charge < -0.3 is 10.6 Å². The summed E-state index contributed by atoms with van der Waals surface area (Å²) >= 11 is 6.40. The Morgan fingerprint density at radius 1 is 1.15 bits per heavy atom. The molecule has 1 aliphatic heterocycles. The number of amides is 1. The first kappa shape index (κ1) is 23.0. The number of nitrogens with one attached hydrogen (secondary N) is 2. The highest BCUT2D eigenvalue weighted by Gasteiger charge is 2.27. The number of anilines is 4. The van der Waals surface area contributed by atoms with Gasteiger partial charge in [0.05, 0.1) is 33.9 Å². The third kappa shape index (κ3) is 4.94. The summed E-state index contributed by atoms with van der Waals surface area (Å²) < 4.78 is 15.9. The van der Waals surface area contributed by atoms with Gasteiger partial charge in [0.15, 0.2) is 0 Å². The van der Waals surface area contributed by atoms with Gasteiger partial charge in [0.2, 0.25) is 0 Å². The van der Waals surface area contributed by atoms with Crippen LogP contribution in [0.4, 0.5) is 27.4 Å². The number of aryl methyl sites for hydroxylation is 1. The fourth-order valence-electron chi connectivity index (χ4n) is 3.82. The molecule has 1 aromatic carbocycles. The fourth-order valence-corrected chi connectivity index (χ4v) is 3.97. The van der Waals surface area contributed by atoms with E-state index in [9.17, 15) is 9.18 Å². The average molecular weight is 472 g/mol. The minimum atomic E-state index is -0.480. The fraction of sp³-hybridized carbons (Fsp3) is 0.348. The van der Waals surface area contributed by atoms with Gasteiger partial charge in [-0.3, -0.25) is 9.80 Å². The molecule has 0 atom stereocenters. The van der Waals surface area contributed by atoms with Gasteiger partial charge in [-0.15, -0.1) is 0 Å². The molecule has 8 nitrogen and oxygen atoms in total. The van der Waals surface area contributed by atoms with E-state index in [0.29, 0.717) is 28.8 Å². The Balaban J connectivity index is 1.63. The second-order valence-corrected chi connectivity index (χ2v) is 8.77. The number of carbonyl (C=O) groups is 1. The lowest BCUT2D eigenvalue weighted by Gasteiger charge is -2.25. The van der Waals surface area contributed by atoms with Crippen molar-refractivity contribution in [3.63, 3.8) is 0 Å². The quantitative estimate of drug-likeness (QED) is 0.518. The molecule has 0 saturated carbocycles. The first-order valence-corrected chi connectivity index (χ1v) is 11.2. The van der Waals surface area contributed by atoms with Crippen molar-refractivity contribution in [3.05, 3.63) is 58.6 Å². The summed E-state index contributed by atoms with van der Waals surface area (Å²) in [7, 11) is 1.85. The van der Waals surface area contributed by atoms with E-state index in [1.54, 1.807) is 17.1 Å². The van der Waals surface area contributed by atoms with Crippen LogP contribution < -0.4 is 10.6 Å². The van der Waals surface area contributed by atoms with Crippen LogP contribution in [0.1, 0.15) is 42.4 Å². The molecule has 3 aromatic rings. The molecule has 1 aliphatic rings. The molecule has 0 spiro atoms. The summed E-state index contributed by atoms with van der Waals surface area (Å²) in [6.45, 7) is 7.40. The summed E-state index contributed by atoms with van der Waals surface area (Å²) in [6.07, 6.45) is 2.40. The van der Waals surface area contributed by atoms with Crippen LogP contribution in [0.3, 0.4) is 0 Å². The first-order valence-electron chi connectivity index (χ1n) is 10.8. The summed E-state index contributed by atoms with van der Waals surface area (Å²) in [6, 6.07) is 7.95. The van der Waals surface area contributed by atoms with Crippen molar-refractivity contribution in [2.45, 2.75) is 33.2 Å². The number of hydrogen-bond donors (Lipinski definition) is 2. The van der Waals surface area contributed by atoms with Crippen molar-refractivity contribution in [3.8, 4) is 0 Å². The Bertz CT molecular complexity index is 1180. The van der Waals surface area contributed by atoms with Crippen molar-refractivity contribution >= 4 is 40.5 Å². The Labute approximate surface area is 197 Å². The number of benzene rings is 1. The van der Waals surface area contributed by atoms with Gasteiger partial charge in [0.25, 0.3) is 5.91 Å². The maximum absolute atomic E-state index is 14.1. The van der Waals surface area contributed by atoms with Gasteiger partial charge in [0.1, 0.15) is 17.5 Å². The molecule has 4 rings (SSSR count). The van der Waals surface area contributed by atoms with Crippen molar-refractivity contribution in [2.24, 2.45) is 0 Å². The summed E-state index contributed by atoms with van der Waals surface area (Å²) in [4.78, 5) is 17.5. The maximum atomic E-state index is 14.1. The predicted molar refractivity (Wildman–Crippen MR) is 128 cm³/mol. The molecule has 1 saturated heterocycles. The normalized spacial score (nSPS) is 14.2. The Hall–Kier alpha value is -3.17. The molecule has 2 N–H and O–H groups in total. The predicted octanol–water partition coefficient (Wildman–Crippen LogP) is 5.14. The van der Waals surface area contributed by atoms with E-state index in [1.165, 1.54) is 18.3 Å². The molecule has 0 bridgehead atoms. The van der Waals surface area contributed by atoms with Crippen molar-refractivity contribution in [1.29, 1.82) is 0 Å². The molecule has 0 unspecified atom stereocenters. The zero-order valence-corrected chi connectivity index (χ0v) is 19.8. The van der Waals surface area contributed by atoms with E-state index in [0.717, 1.165) is 24.5 Å². The number of rotatable bonds is 6. The van der Waals surface area contributed by atoms with E-state index in [1.807, 2.05) is 43.6 Å². The van der Waals surface area contributed by atoms with Crippen LogP contribution in [-0.4, -0.2) is 50.8 Å². The Morgan fingerprint density at radius 2 is 1.94 bits per heavy atom. The largest absolute Gasteiger partial charge is 0.353 e. The van der Waals surface area contributed by atoms with Gasteiger partial charge in [-0.25, -0.2) is 19.1 Å². The standard InChI is InChI=1S/C23H27ClFN7O/c1-14(2)32-22(10-15(3)29-32)28-21-12-20(18(24)13-26-21)27-19-7-6-16(25)11-17(19)23(33)31-9-5-8-30(31)4/h6-7,10-14H,5,8-9H2,1-4H3,(H2,26,27,28). The molecular weight excluding hydrogens is 445 g/mol. The van der Waals surface area contributed by atoms with Gasteiger partial charge in [-0.05, 0) is 45.4 Å². The number of pyridine rings is 1. The number of halogens is 2. The van der Waals surface area contributed by atoms with Crippen molar-refractivity contribution in [2.75, 3.05) is 30.8 Å². The second-order valence-electron chi connectivity index (χ2n) is 8.36. The van der Waals surface area contributed by atoms with Crippen LogP contribution in [0.2, 0.25) is 5.02 Å². The minimum Gasteiger partial charge on any atom is -0.353 e. The zero-order chi connectivity index (χ0) is 23.7. The van der Waals surface area contributed by atoms with E-state index in [4.69, 9.17) is 11.6 Å². The maximum Gasteiger partial charge on any atom is 0.270 e. The van der Waals surface area contributed by atoms with Crippen LogP contribution in [0, 0.1) is 12.7 Å². The number of nitrogens with zero attached hydrogens (tertiary/aromatic N) is 5. The Kier molecular flexibility index (Phi) is 6.53. The van der Waals surface area contributed by atoms with Gasteiger partial charge in [0, 0.05) is 38.3 Å². The second kappa shape index (κ2) is 9.36. The Morgan fingerprint density at radius 3 is 2.64 bits per heavy atom. The molecule has 3 heterocycles. The number of hydrogen-bond acceptors (Lipinski definition) is 6. The monoisotopic (exact) mass is 471 g/mol. The van der Waals surface area contributed by atoms with Crippen LogP contribution in [0.5, 0.6) is 0 Å². The highest BCUT2D eigenvalue weighted by Crippen LogP contribution is 2.31. The van der Waals surface area contributed by atoms with Crippen molar-refractivity contribution in [1.82, 2.24) is 24.8 Å². The smallest absolute Gasteiger partial charge is 0.270 e. The van der Waals surface area contributed by atoms with Crippen LogP contribution in [0.25, 0.3) is 0 Å². The molecule has 2 aromatic heterocycles. The van der Waals surface area contributed by atoms with E-state index >= 15 is 0 Å². The van der Waals surface area contributed by atoms with Crippen molar-refractivity contribution < 1.29 is 9.18 Å². The number of aromatic nitrogens is 3. The van der Waals surface area contributed by atoms with Crippen LogP contribution in [-0.2, 0) is 0 Å². The van der Waals surface area contributed by atoms with Crippen LogP contribution in [0.15, 0.2) is 36.5 Å². The van der Waals surface area contributed by atoms with Gasteiger partial charge in [-0.1, -0.05) is 11.6 Å². The zero-order valence-electron chi connectivity index (χ0n) is 19.1. The van der Waals surface area contributed by atoms with Gasteiger partial charge in [-0.2, -0.15) is 5.10 Å². The lowest BCUT2D eigenvalue weighted by Crippen LogP contribution is -2.38. The molecule has 0 aliphatic carbocycles. The third-order valence-corrected chi connectivity index (χ3v) is 5.74. The number of carbonyl (C=O) groups excluding carboxylic acids is 1. The van der Waals surface area contributed by atoms with Crippen LogP contribution >= 0.6 is 11.6 Å². The first-order chi connectivity index (χ1) is 15.7. The van der Waals surface area contributed by atoms with E-state index in [-0.39, 0.29) is 17.5 Å². The van der Waals surface area contributed by atoms with Gasteiger partial charge >= 0.3 is 0 Å². The number of hydrazine groups is 1. The van der Waals surface area contributed by atoms with E-state index in [2.05, 4.69) is 20.7 Å². The highest BCUT2D eigenvalue weighted by molar-refractivity contribution is 6.33. The molecule has 0 radical (unpaired) electrons. The third-order valence-electron chi connectivity index (χ3n) is 5.44. The molecule has 174 valence electrons. The minimum absolute atomic E-state index is 0.169. The summed E-state index contributed by atoms with van der Waals surface area (Å²) in [5.74, 6) is 0.610. The lowest BCUT2D eigenvalue weighted by atomic mass is 10.1. The molecular formula is C23H27ClFN7O. The SMILES string of the molecule is Cc1cc(Nc2cc(Nc3ccc(F)cc3C(=O)N3CCCN3C)c(Cl)cn2)n(C(C)C)n1. The molecule has 1 fully saturated rings. The molecule has 10 heteroatoms. The van der Waals surface area contributed by atoms with E-state index < -0.39 is 5.82 Å². The molecule has 1 amide bonds. The summed E-state index contributed by atoms with van der Waals surface area (Å²) in [5, 5.41) is 14.8. The molecule has 33 heavy (non-hydrogen) atoms.